The molecule has 0 spiro atoms. The van der Waals surface area contributed by atoms with Gasteiger partial charge in [-0.05, 0) is 48.7 Å². The number of sulfonamides is 1. The Hall–Kier alpha value is -2.54. The molecule has 25 heavy (non-hydrogen) atoms. The second-order valence-electron chi connectivity index (χ2n) is 5.87. The molecule has 1 atom stereocenters. The molecule has 0 fully saturated rings. The summed E-state index contributed by atoms with van der Waals surface area (Å²) < 4.78 is 25.1. The van der Waals surface area contributed by atoms with E-state index in [9.17, 15) is 13.2 Å². The normalized spacial score (nSPS) is 12.3. The van der Waals surface area contributed by atoms with Crippen molar-refractivity contribution in [2.45, 2.75) is 26.3 Å². The molecule has 0 aromatic heterocycles. The number of amides is 2. The van der Waals surface area contributed by atoms with Gasteiger partial charge in [0.2, 0.25) is 10.0 Å². The van der Waals surface area contributed by atoms with Crippen molar-refractivity contribution < 1.29 is 13.2 Å². The SMILES string of the molecule is CCc1cccc(NC(=O)NC(C)c2cccc(NS(C)(=O)=O)c2)c1. The molecule has 2 amide bonds. The van der Waals surface area contributed by atoms with E-state index < -0.39 is 10.0 Å². The molecule has 134 valence electrons. The van der Waals surface area contributed by atoms with Crippen LogP contribution >= 0.6 is 0 Å². The average Bonchev–Trinajstić information content (AvgIpc) is 2.53. The molecule has 2 aromatic rings. The van der Waals surface area contributed by atoms with E-state index in [0.29, 0.717) is 5.69 Å². The van der Waals surface area contributed by atoms with Crippen molar-refractivity contribution in [3.05, 3.63) is 59.7 Å². The van der Waals surface area contributed by atoms with E-state index in [2.05, 4.69) is 22.3 Å². The summed E-state index contributed by atoms with van der Waals surface area (Å²) in [6.07, 6.45) is 1.99. The minimum atomic E-state index is -3.34. The zero-order valence-corrected chi connectivity index (χ0v) is 15.4. The van der Waals surface area contributed by atoms with Gasteiger partial charge in [-0.25, -0.2) is 13.2 Å². The lowest BCUT2D eigenvalue weighted by Gasteiger charge is -2.16. The molecule has 3 N–H and O–H groups in total. The number of benzene rings is 2. The van der Waals surface area contributed by atoms with E-state index >= 15 is 0 Å². The van der Waals surface area contributed by atoms with Crippen LogP contribution in [0.3, 0.4) is 0 Å². The number of carbonyl (C=O) groups is 1. The van der Waals surface area contributed by atoms with E-state index in [1.807, 2.05) is 37.3 Å². The van der Waals surface area contributed by atoms with E-state index in [1.54, 1.807) is 18.2 Å². The van der Waals surface area contributed by atoms with Crippen molar-refractivity contribution in [3.8, 4) is 0 Å². The van der Waals surface area contributed by atoms with Crippen LogP contribution in [0.5, 0.6) is 0 Å². The molecule has 0 heterocycles. The van der Waals surface area contributed by atoms with Gasteiger partial charge in [0.05, 0.1) is 12.3 Å². The first-order valence-electron chi connectivity index (χ1n) is 8.01. The predicted octanol–water partition coefficient (Wildman–Crippen LogP) is 3.50. The van der Waals surface area contributed by atoms with Crippen LogP contribution in [0, 0.1) is 0 Å². The molecule has 1 unspecified atom stereocenters. The van der Waals surface area contributed by atoms with Gasteiger partial charge in [-0.15, -0.1) is 0 Å². The molecule has 0 bridgehead atoms. The number of hydrogen-bond donors (Lipinski definition) is 3. The zero-order valence-electron chi connectivity index (χ0n) is 14.5. The fourth-order valence-electron chi connectivity index (χ4n) is 2.40. The molecular weight excluding hydrogens is 338 g/mol. The standard InChI is InChI=1S/C18H23N3O3S/c1-4-14-7-5-9-16(11-14)20-18(22)19-13(2)15-8-6-10-17(12-15)21-25(3,23)24/h5-13,21H,4H2,1-3H3,(H2,19,20,22). The maximum atomic E-state index is 12.2. The molecule has 0 aliphatic rings. The lowest BCUT2D eigenvalue weighted by atomic mass is 10.1. The Labute approximate surface area is 148 Å². The Balaban J connectivity index is 2.02. The first kappa shape index (κ1) is 18.8. The van der Waals surface area contributed by atoms with E-state index in [-0.39, 0.29) is 12.1 Å². The van der Waals surface area contributed by atoms with Crippen LogP contribution in [0.4, 0.5) is 16.2 Å². The minimum absolute atomic E-state index is 0.282. The van der Waals surface area contributed by atoms with Gasteiger partial charge >= 0.3 is 6.03 Å². The zero-order chi connectivity index (χ0) is 18.4. The van der Waals surface area contributed by atoms with Crippen LogP contribution in [0.15, 0.2) is 48.5 Å². The summed E-state index contributed by atoms with van der Waals surface area (Å²) in [5.41, 5.74) is 3.14. The summed E-state index contributed by atoms with van der Waals surface area (Å²) in [7, 11) is -3.34. The highest BCUT2D eigenvalue weighted by Gasteiger charge is 2.11. The quantitative estimate of drug-likeness (QED) is 0.736. The fourth-order valence-corrected chi connectivity index (χ4v) is 2.96. The molecule has 0 saturated carbocycles. The van der Waals surface area contributed by atoms with Crippen molar-refractivity contribution in [1.29, 1.82) is 0 Å². The highest BCUT2D eigenvalue weighted by molar-refractivity contribution is 7.92. The van der Waals surface area contributed by atoms with Gasteiger partial charge in [-0.3, -0.25) is 4.72 Å². The topological polar surface area (TPSA) is 87.3 Å². The summed E-state index contributed by atoms with van der Waals surface area (Å²) in [5.74, 6) is 0. The third kappa shape index (κ3) is 6.11. The van der Waals surface area contributed by atoms with Crippen LogP contribution in [-0.4, -0.2) is 20.7 Å². The third-order valence-corrected chi connectivity index (χ3v) is 4.24. The van der Waals surface area contributed by atoms with Gasteiger partial charge < -0.3 is 10.6 Å². The number of aryl methyl sites for hydroxylation is 1. The van der Waals surface area contributed by atoms with Gasteiger partial charge in [0, 0.05) is 11.4 Å². The third-order valence-electron chi connectivity index (χ3n) is 3.63. The second-order valence-corrected chi connectivity index (χ2v) is 7.62. The molecule has 0 radical (unpaired) electrons. The Morgan fingerprint density at radius 1 is 1.08 bits per heavy atom. The van der Waals surface area contributed by atoms with Crippen LogP contribution in [0.1, 0.15) is 31.0 Å². The number of nitrogens with one attached hydrogen (secondary N) is 3. The van der Waals surface area contributed by atoms with E-state index in [4.69, 9.17) is 0 Å². The number of carbonyl (C=O) groups excluding carboxylic acids is 1. The molecule has 2 aromatic carbocycles. The van der Waals surface area contributed by atoms with Gasteiger partial charge in [-0.1, -0.05) is 31.2 Å². The fraction of sp³-hybridized carbons (Fsp3) is 0.278. The monoisotopic (exact) mass is 361 g/mol. The van der Waals surface area contributed by atoms with Crippen molar-refractivity contribution in [3.63, 3.8) is 0 Å². The van der Waals surface area contributed by atoms with Crippen LogP contribution in [0.2, 0.25) is 0 Å². The lowest BCUT2D eigenvalue weighted by molar-refractivity contribution is 0.249. The minimum Gasteiger partial charge on any atom is -0.331 e. The predicted molar refractivity (Wildman–Crippen MR) is 101 cm³/mol. The van der Waals surface area contributed by atoms with Gasteiger partial charge in [0.25, 0.3) is 0 Å². The maximum absolute atomic E-state index is 12.2. The number of rotatable bonds is 6. The largest absolute Gasteiger partial charge is 0.331 e. The van der Waals surface area contributed by atoms with Gasteiger partial charge in [0.1, 0.15) is 0 Å². The summed E-state index contributed by atoms with van der Waals surface area (Å²) in [6, 6.07) is 14.0. The van der Waals surface area contributed by atoms with Crippen LogP contribution in [0.25, 0.3) is 0 Å². The lowest BCUT2D eigenvalue weighted by Crippen LogP contribution is -2.31. The molecule has 7 heteroatoms. The summed E-state index contributed by atoms with van der Waals surface area (Å²) in [4.78, 5) is 12.2. The number of hydrogen-bond acceptors (Lipinski definition) is 3. The molecular formula is C18H23N3O3S. The van der Waals surface area contributed by atoms with Crippen LogP contribution < -0.4 is 15.4 Å². The molecule has 2 rings (SSSR count). The van der Waals surface area contributed by atoms with Gasteiger partial charge in [0.15, 0.2) is 0 Å². The highest BCUT2D eigenvalue weighted by Crippen LogP contribution is 2.18. The van der Waals surface area contributed by atoms with Crippen molar-refractivity contribution in [2.75, 3.05) is 16.3 Å². The molecule has 0 aliphatic heterocycles. The summed E-state index contributed by atoms with van der Waals surface area (Å²) in [6.45, 7) is 3.89. The Bertz CT molecular complexity index is 850. The molecule has 0 aliphatic carbocycles. The van der Waals surface area contributed by atoms with Crippen molar-refractivity contribution in [2.24, 2.45) is 0 Å². The van der Waals surface area contributed by atoms with Crippen LogP contribution in [-0.2, 0) is 16.4 Å². The average molecular weight is 361 g/mol. The van der Waals surface area contributed by atoms with E-state index in [0.717, 1.165) is 29.5 Å². The Morgan fingerprint density at radius 3 is 2.44 bits per heavy atom. The first-order chi connectivity index (χ1) is 11.8. The molecule has 0 saturated heterocycles. The van der Waals surface area contributed by atoms with Crippen molar-refractivity contribution >= 4 is 27.4 Å². The summed E-state index contributed by atoms with van der Waals surface area (Å²) >= 11 is 0. The Morgan fingerprint density at radius 2 is 1.76 bits per heavy atom. The van der Waals surface area contributed by atoms with Crippen molar-refractivity contribution in [1.82, 2.24) is 5.32 Å². The van der Waals surface area contributed by atoms with E-state index in [1.165, 1.54) is 0 Å². The number of anilines is 2. The Kier molecular flexibility index (Phi) is 6.03. The summed E-state index contributed by atoms with van der Waals surface area (Å²) in [5, 5.41) is 5.65. The number of urea groups is 1. The first-order valence-corrected chi connectivity index (χ1v) is 9.90. The van der Waals surface area contributed by atoms with Gasteiger partial charge in [-0.2, -0.15) is 0 Å². The second kappa shape index (κ2) is 8.02. The molecule has 6 nitrogen and oxygen atoms in total. The maximum Gasteiger partial charge on any atom is 0.319 e. The highest BCUT2D eigenvalue weighted by atomic mass is 32.2. The smallest absolute Gasteiger partial charge is 0.319 e.